The molecule has 0 fully saturated rings. The fourth-order valence-corrected chi connectivity index (χ4v) is 3.02. The third kappa shape index (κ3) is 2.69. The molecule has 96 valence electrons. The summed E-state index contributed by atoms with van der Waals surface area (Å²) < 4.78 is 5.94. The van der Waals surface area contributed by atoms with Gasteiger partial charge in [-0.25, -0.2) is 0 Å². The molecule has 1 aliphatic heterocycles. The quantitative estimate of drug-likeness (QED) is 0.932. The average Bonchev–Trinajstić information content (AvgIpc) is 2.93. The highest BCUT2D eigenvalue weighted by atomic mass is 32.1. The van der Waals surface area contributed by atoms with Crippen molar-refractivity contribution < 1.29 is 4.74 Å². The summed E-state index contributed by atoms with van der Waals surface area (Å²) in [5, 5.41) is 12.2. The number of nitrogens with one attached hydrogen (secondary N) is 1. The van der Waals surface area contributed by atoms with Crippen LogP contribution in [-0.4, -0.2) is 6.54 Å². The highest BCUT2D eigenvalue weighted by Crippen LogP contribution is 2.25. The summed E-state index contributed by atoms with van der Waals surface area (Å²) in [4.78, 5) is 1.82. The SMILES string of the molecule is N#Cc1ccc(COC2NCCc3ccccc32)s1. The third-order valence-corrected chi connectivity index (χ3v) is 4.19. The van der Waals surface area contributed by atoms with Crippen molar-refractivity contribution in [2.24, 2.45) is 0 Å². The van der Waals surface area contributed by atoms with Crippen molar-refractivity contribution in [1.29, 1.82) is 5.26 Å². The summed E-state index contributed by atoms with van der Waals surface area (Å²) in [5.74, 6) is 0. The topological polar surface area (TPSA) is 45.0 Å². The first kappa shape index (κ1) is 12.4. The Labute approximate surface area is 116 Å². The molecule has 1 aromatic heterocycles. The molecule has 1 aliphatic rings. The fourth-order valence-electron chi connectivity index (χ4n) is 2.30. The van der Waals surface area contributed by atoms with Crippen LogP contribution in [0.1, 0.15) is 27.1 Å². The Balaban J connectivity index is 1.70. The van der Waals surface area contributed by atoms with Crippen molar-refractivity contribution in [2.45, 2.75) is 19.3 Å². The Morgan fingerprint density at radius 2 is 2.21 bits per heavy atom. The van der Waals surface area contributed by atoms with Gasteiger partial charge in [0.15, 0.2) is 0 Å². The van der Waals surface area contributed by atoms with Crippen molar-refractivity contribution in [1.82, 2.24) is 5.32 Å². The molecule has 1 atom stereocenters. The van der Waals surface area contributed by atoms with Crippen molar-refractivity contribution >= 4 is 11.3 Å². The molecule has 3 nitrogen and oxygen atoms in total. The van der Waals surface area contributed by atoms with Crippen molar-refractivity contribution in [2.75, 3.05) is 6.54 Å². The molecule has 3 rings (SSSR count). The monoisotopic (exact) mass is 270 g/mol. The fraction of sp³-hybridized carbons (Fsp3) is 0.267. The summed E-state index contributed by atoms with van der Waals surface area (Å²) >= 11 is 1.49. The van der Waals surface area contributed by atoms with Gasteiger partial charge in [-0.3, -0.25) is 5.32 Å². The van der Waals surface area contributed by atoms with Crippen LogP contribution >= 0.6 is 11.3 Å². The summed E-state index contributed by atoms with van der Waals surface area (Å²) in [6.45, 7) is 1.48. The van der Waals surface area contributed by atoms with E-state index in [9.17, 15) is 0 Å². The van der Waals surface area contributed by atoms with Gasteiger partial charge >= 0.3 is 0 Å². The summed E-state index contributed by atoms with van der Waals surface area (Å²) in [6, 6.07) is 14.3. The molecule has 0 saturated carbocycles. The van der Waals surface area contributed by atoms with E-state index in [0.29, 0.717) is 6.61 Å². The van der Waals surface area contributed by atoms with Gasteiger partial charge in [-0.1, -0.05) is 24.3 Å². The standard InChI is InChI=1S/C15H14N2OS/c16-9-12-5-6-13(19-12)10-18-15-14-4-2-1-3-11(14)7-8-17-15/h1-6,15,17H,7-8,10H2. The first-order valence-corrected chi connectivity index (χ1v) is 7.10. The number of hydrogen-bond acceptors (Lipinski definition) is 4. The smallest absolute Gasteiger partial charge is 0.135 e. The van der Waals surface area contributed by atoms with Gasteiger partial charge in [0.05, 0.1) is 6.61 Å². The molecule has 1 aromatic carbocycles. The minimum absolute atomic E-state index is 0.0439. The van der Waals surface area contributed by atoms with Gasteiger partial charge in [0, 0.05) is 11.4 Å². The van der Waals surface area contributed by atoms with Crippen LogP contribution in [0.5, 0.6) is 0 Å². The van der Waals surface area contributed by atoms with E-state index in [1.54, 1.807) is 0 Å². The van der Waals surface area contributed by atoms with Gasteiger partial charge in [0.2, 0.25) is 0 Å². The predicted molar refractivity (Wildman–Crippen MR) is 74.7 cm³/mol. The van der Waals surface area contributed by atoms with Crippen molar-refractivity contribution in [3.8, 4) is 6.07 Å². The Morgan fingerprint density at radius 1 is 1.32 bits per heavy atom. The summed E-state index contributed by atoms with van der Waals surface area (Å²) in [7, 11) is 0. The molecule has 1 N–H and O–H groups in total. The lowest BCUT2D eigenvalue weighted by Gasteiger charge is -2.26. The van der Waals surface area contributed by atoms with E-state index in [2.05, 4.69) is 29.6 Å². The van der Waals surface area contributed by atoms with Crippen LogP contribution in [0.3, 0.4) is 0 Å². The maximum atomic E-state index is 8.81. The zero-order valence-corrected chi connectivity index (χ0v) is 11.2. The van der Waals surface area contributed by atoms with E-state index < -0.39 is 0 Å². The lowest BCUT2D eigenvalue weighted by molar-refractivity contribution is 0.0135. The maximum Gasteiger partial charge on any atom is 0.135 e. The molecular weight excluding hydrogens is 256 g/mol. The molecule has 0 aliphatic carbocycles. The number of benzene rings is 1. The first-order valence-electron chi connectivity index (χ1n) is 6.28. The Kier molecular flexibility index (Phi) is 3.60. The van der Waals surface area contributed by atoms with Gasteiger partial charge in [-0.05, 0) is 29.7 Å². The molecule has 1 unspecified atom stereocenters. The molecule has 0 spiro atoms. The second-order valence-corrected chi connectivity index (χ2v) is 5.64. The number of thiophene rings is 1. The Bertz CT molecular complexity index is 615. The molecule has 0 radical (unpaired) electrons. The molecular formula is C15H14N2OS. The summed E-state index contributed by atoms with van der Waals surface area (Å²) in [6.07, 6.45) is 1.01. The van der Waals surface area contributed by atoms with E-state index >= 15 is 0 Å². The first-order chi connectivity index (χ1) is 9.36. The van der Waals surface area contributed by atoms with Crippen molar-refractivity contribution in [3.63, 3.8) is 0 Å². The Morgan fingerprint density at radius 3 is 3.05 bits per heavy atom. The number of nitriles is 1. The molecule has 2 heterocycles. The van der Waals surface area contributed by atoms with Crippen LogP contribution in [0, 0.1) is 11.3 Å². The van der Waals surface area contributed by atoms with Crippen molar-refractivity contribution in [3.05, 3.63) is 57.3 Å². The number of fused-ring (bicyclic) bond motifs is 1. The van der Waals surface area contributed by atoms with Gasteiger partial charge in [0.1, 0.15) is 17.2 Å². The molecule has 4 heteroatoms. The zero-order chi connectivity index (χ0) is 13.1. The maximum absolute atomic E-state index is 8.81. The number of ether oxygens (including phenoxy) is 1. The number of rotatable bonds is 3. The largest absolute Gasteiger partial charge is 0.354 e. The molecule has 0 amide bonds. The second kappa shape index (κ2) is 5.54. The van der Waals surface area contributed by atoms with Crippen LogP contribution in [0.2, 0.25) is 0 Å². The molecule has 0 saturated heterocycles. The minimum atomic E-state index is -0.0439. The highest BCUT2D eigenvalue weighted by Gasteiger charge is 2.19. The minimum Gasteiger partial charge on any atom is -0.354 e. The van der Waals surface area contributed by atoms with E-state index in [1.807, 2.05) is 18.2 Å². The lowest BCUT2D eigenvalue weighted by atomic mass is 10.00. The molecule has 19 heavy (non-hydrogen) atoms. The highest BCUT2D eigenvalue weighted by molar-refractivity contribution is 7.12. The van der Waals surface area contributed by atoms with Crippen LogP contribution in [-0.2, 0) is 17.8 Å². The zero-order valence-electron chi connectivity index (χ0n) is 10.4. The van der Waals surface area contributed by atoms with Crippen LogP contribution in [0.25, 0.3) is 0 Å². The molecule has 0 bridgehead atoms. The number of hydrogen-bond donors (Lipinski definition) is 1. The average molecular weight is 270 g/mol. The van der Waals surface area contributed by atoms with E-state index in [0.717, 1.165) is 22.7 Å². The van der Waals surface area contributed by atoms with Gasteiger partial charge in [0.25, 0.3) is 0 Å². The lowest BCUT2D eigenvalue weighted by Crippen LogP contribution is -2.31. The van der Waals surface area contributed by atoms with Crippen LogP contribution < -0.4 is 5.32 Å². The van der Waals surface area contributed by atoms with Gasteiger partial charge in [-0.2, -0.15) is 5.26 Å². The van der Waals surface area contributed by atoms with E-state index in [-0.39, 0.29) is 6.23 Å². The number of nitrogens with zero attached hydrogens (tertiary/aromatic N) is 1. The predicted octanol–water partition coefficient (Wildman–Crippen LogP) is 2.98. The van der Waals surface area contributed by atoms with E-state index in [1.165, 1.54) is 22.5 Å². The Hall–Kier alpha value is -1.67. The van der Waals surface area contributed by atoms with Crippen LogP contribution in [0.15, 0.2) is 36.4 Å². The van der Waals surface area contributed by atoms with Crippen LogP contribution in [0.4, 0.5) is 0 Å². The molecule has 2 aromatic rings. The van der Waals surface area contributed by atoms with Gasteiger partial charge in [-0.15, -0.1) is 11.3 Å². The normalized spacial score (nSPS) is 17.7. The third-order valence-electron chi connectivity index (χ3n) is 3.23. The second-order valence-electron chi connectivity index (χ2n) is 4.47. The van der Waals surface area contributed by atoms with Gasteiger partial charge < -0.3 is 4.74 Å². The summed E-state index contributed by atoms with van der Waals surface area (Å²) in [5.41, 5.74) is 2.58. The van der Waals surface area contributed by atoms with E-state index in [4.69, 9.17) is 10.00 Å².